The Bertz CT molecular complexity index is 1070. The minimum Gasteiger partial charge on any atom is -0.333 e. The Morgan fingerprint density at radius 2 is 1.66 bits per heavy atom. The summed E-state index contributed by atoms with van der Waals surface area (Å²) >= 11 is 1.17. The molecule has 0 saturated heterocycles. The molecule has 10 heteroatoms. The number of nitrogens with one attached hydrogen (secondary N) is 2. The van der Waals surface area contributed by atoms with Crippen molar-refractivity contribution in [3.05, 3.63) is 77.3 Å². The molecule has 32 heavy (non-hydrogen) atoms. The summed E-state index contributed by atoms with van der Waals surface area (Å²) in [6.07, 6.45) is 3.04. The van der Waals surface area contributed by atoms with Crippen molar-refractivity contribution in [3.63, 3.8) is 0 Å². The average molecular weight is 473 g/mol. The number of amides is 1. The first-order valence-corrected chi connectivity index (χ1v) is 12.5. The van der Waals surface area contributed by atoms with E-state index in [1.807, 2.05) is 60.7 Å². The maximum atomic E-state index is 13.5. The van der Waals surface area contributed by atoms with Crippen LogP contribution in [0, 0.1) is 0 Å². The number of para-hydroxylation sites is 1. The van der Waals surface area contributed by atoms with Crippen LogP contribution >= 0.6 is 18.9 Å². The van der Waals surface area contributed by atoms with Gasteiger partial charge in [0, 0.05) is 11.8 Å². The van der Waals surface area contributed by atoms with Crippen LogP contribution in [0.1, 0.15) is 30.2 Å². The third kappa shape index (κ3) is 6.58. The molecule has 0 spiro atoms. The summed E-state index contributed by atoms with van der Waals surface area (Å²) in [5.41, 5.74) is 1.70. The molecule has 3 rings (SSSR count). The Morgan fingerprint density at radius 1 is 1.03 bits per heavy atom. The molecule has 168 valence electrons. The van der Waals surface area contributed by atoms with E-state index < -0.39 is 19.3 Å². The zero-order valence-electron chi connectivity index (χ0n) is 17.8. The molecule has 0 unspecified atom stereocenters. The SMILES string of the molecule is CCOP(=O)(OCC)[C@@H](NC(=O)/C=C/c1ccccc1)c1nnc(Nc2ccccc2)s1. The van der Waals surface area contributed by atoms with E-state index in [-0.39, 0.29) is 13.2 Å². The lowest BCUT2D eigenvalue weighted by molar-refractivity contribution is -0.116. The number of hydrogen-bond donors (Lipinski definition) is 2. The second-order valence-electron chi connectivity index (χ2n) is 6.47. The van der Waals surface area contributed by atoms with Crippen LogP contribution < -0.4 is 10.6 Å². The average Bonchev–Trinajstić information content (AvgIpc) is 3.25. The second kappa shape index (κ2) is 11.7. The third-order valence-corrected chi connectivity index (χ3v) is 7.46. The summed E-state index contributed by atoms with van der Waals surface area (Å²) in [5, 5.41) is 15.0. The van der Waals surface area contributed by atoms with Crippen molar-refractivity contribution in [2.75, 3.05) is 18.5 Å². The smallest absolute Gasteiger partial charge is 0.333 e. The van der Waals surface area contributed by atoms with Crippen LogP contribution in [0.15, 0.2) is 66.7 Å². The van der Waals surface area contributed by atoms with Gasteiger partial charge in [0.05, 0.1) is 13.2 Å². The highest BCUT2D eigenvalue weighted by atomic mass is 32.1. The molecule has 2 N–H and O–H groups in total. The van der Waals surface area contributed by atoms with Gasteiger partial charge in [0.15, 0.2) is 10.8 Å². The standard InChI is InChI=1S/C22H25N4O4PS/c1-3-29-31(28,30-4-2)20(24-19(27)16-15-17-11-7-5-8-12-17)21-25-26-22(32-21)23-18-13-9-6-10-14-18/h5-16,20H,3-4H2,1-2H3,(H,23,26)(H,24,27)/b16-15+/t20-/m1/s1. The van der Waals surface area contributed by atoms with Crippen molar-refractivity contribution in [1.29, 1.82) is 0 Å². The minimum absolute atomic E-state index is 0.150. The fraction of sp³-hybridized carbons (Fsp3) is 0.227. The van der Waals surface area contributed by atoms with Gasteiger partial charge in [-0.3, -0.25) is 9.36 Å². The lowest BCUT2D eigenvalue weighted by Gasteiger charge is -2.24. The van der Waals surface area contributed by atoms with E-state index in [0.717, 1.165) is 11.3 Å². The van der Waals surface area contributed by atoms with Crippen molar-refractivity contribution in [1.82, 2.24) is 15.5 Å². The van der Waals surface area contributed by atoms with Gasteiger partial charge in [0.1, 0.15) is 0 Å². The van der Waals surface area contributed by atoms with Crippen LogP contribution in [-0.4, -0.2) is 29.3 Å². The van der Waals surface area contributed by atoms with Crippen LogP contribution in [-0.2, 0) is 18.4 Å². The van der Waals surface area contributed by atoms with Gasteiger partial charge < -0.3 is 19.7 Å². The van der Waals surface area contributed by atoms with Crippen molar-refractivity contribution in [2.24, 2.45) is 0 Å². The normalized spacial score (nSPS) is 12.6. The van der Waals surface area contributed by atoms with Gasteiger partial charge >= 0.3 is 7.60 Å². The van der Waals surface area contributed by atoms with Crippen LogP contribution in [0.5, 0.6) is 0 Å². The number of carbonyl (C=O) groups excluding carboxylic acids is 1. The summed E-state index contributed by atoms with van der Waals surface area (Å²) in [6.45, 7) is 3.72. The summed E-state index contributed by atoms with van der Waals surface area (Å²) in [5.74, 6) is -1.55. The molecule has 2 aromatic carbocycles. The van der Waals surface area contributed by atoms with Gasteiger partial charge in [-0.1, -0.05) is 59.9 Å². The summed E-state index contributed by atoms with van der Waals surface area (Å²) < 4.78 is 24.5. The molecule has 0 fully saturated rings. The summed E-state index contributed by atoms with van der Waals surface area (Å²) in [6, 6.07) is 18.9. The van der Waals surface area contributed by atoms with E-state index in [1.165, 1.54) is 17.4 Å². The van der Waals surface area contributed by atoms with Gasteiger partial charge in [0.2, 0.25) is 11.0 Å². The molecule has 1 amide bonds. The fourth-order valence-electron chi connectivity index (χ4n) is 2.78. The summed E-state index contributed by atoms with van der Waals surface area (Å²) in [7, 11) is -3.76. The molecule has 0 saturated carbocycles. The molecule has 0 aliphatic heterocycles. The number of benzene rings is 2. The van der Waals surface area contributed by atoms with Crippen LogP contribution in [0.4, 0.5) is 10.8 Å². The number of nitrogens with zero attached hydrogens (tertiary/aromatic N) is 2. The Balaban J connectivity index is 1.84. The van der Waals surface area contributed by atoms with Gasteiger partial charge in [-0.2, -0.15) is 0 Å². The molecule has 0 radical (unpaired) electrons. The lowest BCUT2D eigenvalue weighted by atomic mass is 10.2. The van der Waals surface area contributed by atoms with Crippen molar-refractivity contribution in [3.8, 4) is 0 Å². The molecule has 0 bridgehead atoms. The topological polar surface area (TPSA) is 102 Å². The van der Waals surface area contributed by atoms with E-state index in [2.05, 4.69) is 20.8 Å². The van der Waals surface area contributed by atoms with Gasteiger partial charge in [0.25, 0.3) is 0 Å². The first kappa shape index (κ1) is 23.8. The molecule has 8 nitrogen and oxygen atoms in total. The van der Waals surface area contributed by atoms with Crippen molar-refractivity contribution < 1.29 is 18.4 Å². The third-order valence-electron chi connectivity index (χ3n) is 4.14. The number of aromatic nitrogens is 2. The molecule has 3 aromatic rings. The number of hydrogen-bond acceptors (Lipinski definition) is 8. The highest BCUT2D eigenvalue weighted by molar-refractivity contribution is 7.54. The van der Waals surface area contributed by atoms with Crippen LogP contribution in [0.3, 0.4) is 0 Å². The second-order valence-corrected chi connectivity index (χ2v) is 9.59. The van der Waals surface area contributed by atoms with Crippen molar-refractivity contribution in [2.45, 2.75) is 19.6 Å². The number of rotatable bonds is 11. The molecule has 1 aromatic heterocycles. The Morgan fingerprint density at radius 3 is 2.28 bits per heavy atom. The fourth-order valence-corrected chi connectivity index (χ4v) is 5.73. The van der Waals surface area contributed by atoms with E-state index in [4.69, 9.17) is 9.05 Å². The van der Waals surface area contributed by atoms with E-state index in [9.17, 15) is 9.36 Å². The quantitative estimate of drug-likeness (QED) is 0.285. The number of carbonyl (C=O) groups is 1. The predicted octanol–water partition coefficient (Wildman–Crippen LogP) is 5.38. The van der Waals surface area contributed by atoms with E-state index >= 15 is 0 Å². The Kier molecular flexibility index (Phi) is 8.70. The lowest BCUT2D eigenvalue weighted by Crippen LogP contribution is -2.28. The van der Waals surface area contributed by atoms with Crippen LogP contribution in [0.2, 0.25) is 0 Å². The monoisotopic (exact) mass is 472 g/mol. The predicted molar refractivity (Wildman–Crippen MR) is 127 cm³/mol. The first-order valence-electron chi connectivity index (χ1n) is 10.1. The minimum atomic E-state index is -3.76. The number of anilines is 2. The van der Waals surface area contributed by atoms with E-state index in [0.29, 0.717) is 10.1 Å². The molecule has 0 aliphatic rings. The van der Waals surface area contributed by atoms with Crippen LogP contribution in [0.25, 0.3) is 6.08 Å². The van der Waals surface area contributed by atoms with Crippen molar-refractivity contribution >= 4 is 41.7 Å². The van der Waals surface area contributed by atoms with Gasteiger partial charge in [-0.05, 0) is 37.6 Å². The Hall–Kier alpha value is -2.84. The maximum absolute atomic E-state index is 13.5. The highest BCUT2D eigenvalue weighted by Crippen LogP contribution is 2.60. The van der Waals surface area contributed by atoms with Gasteiger partial charge in [-0.15, -0.1) is 10.2 Å². The zero-order chi connectivity index (χ0) is 22.8. The van der Waals surface area contributed by atoms with E-state index in [1.54, 1.807) is 19.9 Å². The molecule has 1 heterocycles. The highest BCUT2D eigenvalue weighted by Gasteiger charge is 2.40. The molecule has 1 atom stereocenters. The summed E-state index contributed by atoms with van der Waals surface area (Å²) in [4.78, 5) is 12.7. The zero-order valence-corrected chi connectivity index (χ0v) is 19.5. The first-order chi connectivity index (χ1) is 15.5. The molecule has 0 aliphatic carbocycles. The maximum Gasteiger partial charge on any atom is 0.359 e. The molecular formula is C22H25N4O4PS. The van der Waals surface area contributed by atoms with Gasteiger partial charge in [-0.25, -0.2) is 0 Å². The Labute approximate surface area is 191 Å². The largest absolute Gasteiger partial charge is 0.359 e. The molecular weight excluding hydrogens is 447 g/mol.